The van der Waals surface area contributed by atoms with Crippen LogP contribution in [0.4, 0.5) is 5.69 Å². The first kappa shape index (κ1) is 27.5. The third-order valence-electron chi connectivity index (χ3n) is 4.63. The highest BCUT2D eigenvalue weighted by atomic mass is 35.5. The first-order valence-electron chi connectivity index (χ1n) is 11.1. The molecule has 0 aliphatic heterocycles. The van der Waals surface area contributed by atoms with Crippen molar-refractivity contribution in [3.05, 3.63) is 81.8 Å². The molecule has 3 aromatic rings. The molecule has 2 N–H and O–H groups in total. The molecule has 0 bridgehead atoms. The third-order valence-corrected chi connectivity index (χ3v) is 5.18. The first-order valence-corrected chi connectivity index (χ1v) is 11.9. The van der Waals surface area contributed by atoms with Crippen LogP contribution < -0.4 is 25.0 Å². The van der Waals surface area contributed by atoms with Crippen molar-refractivity contribution in [2.24, 2.45) is 5.10 Å². The molecule has 3 rings (SSSR count). The van der Waals surface area contributed by atoms with E-state index in [9.17, 15) is 14.4 Å². The van der Waals surface area contributed by atoms with E-state index in [0.717, 1.165) is 0 Å². The Kier molecular flexibility index (Phi) is 9.88. The highest BCUT2D eigenvalue weighted by molar-refractivity contribution is 6.39. The van der Waals surface area contributed by atoms with Gasteiger partial charge in [0.25, 0.3) is 0 Å². The number of nitrogens with one attached hydrogen (secondary N) is 2. The maximum atomic E-state index is 12.6. The Morgan fingerprint density at radius 3 is 2.27 bits per heavy atom. The second-order valence-electron chi connectivity index (χ2n) is 7.26. The molecule has 11 heteroatoms. The summed E-state index contributed by atoms with van der Waals surface area (Å²) < 4.78 is 16.3. The summed E-state index contributed by atoms with van der Waals surface area (Å²) in [4.78, 5) is 36.7. The van der Waals surface area contributed by atoms with Gasteiger partial charge in [-0.2, -0.15) is 5.10 Å². The van der Waals surface area contributed by atoms with Crippen molar-refractivity contribution >= 4 is 52.9 Å². The molecule has 0 unspecified atom stereocenters. The number of amides is 2. The number of hydrogen-bond acceptors (Lipinski definition) is 7. The molecule has 0 fully saturated rings. The number of halogens is 2. The third kappa shape index (κ3) is 7.96. The number of benzene rings is 3. The monoisotopic (exact) mass is 543 g/mol. The predicted molar refractivity (Wildman–Crippen MR) is 141 cm³/mol. The number of ether oxygens (including phenoxy) is 3. The average Bonchev–Trinajstić information content (AvgIpc) is 2.86. The van der Waals surface area contributed by atoms with Crippen LogP contribution in [-0.2, 0) is 9.59 Å². The van der Waals surface area contributed by atoms with Crippen molar-refractivity contribution < 1.29 is 28.6 Å². The van der Waals surface area contributed by atoms with Gasteiger partial charge in [0.1, 0.15) is 5.75 Å². The van der Waals surface area contributed by atoms with Crippen LogP contribution in [-0.4, -0.2) is 37.2 Å². The molecule has 3 aromatic carbocycles. The Hall–Kier alpha value is -4.08. The van der Waals surface area contributed by atoms with E-state index >= 15 is 0 Å². The fourth-order valence-electron chi connectivity index (χ4n) is 2.97. The van der Waals surface area contributed by atoms with Crippen molar-refractivity contribution in [1.29, 1.82) is 0 Å². The summed E-state index contributed by atoms with van der Waals surface area (Å²) in [5.74, 6) is -1.45. The number of carbonyl (C=O) groups excluding carboxylic acids is 3. The predicted octanol–water partition coefficient (Wildman–Crippen LogP) is 5.10. The molecule has 0 aliphatic carbocycles. The second kappa shape index (κ2) is 13.3. The number of rotatable bonds is 9. The number of esters is 1. The van der Waals surface area contributed by atoms with Gasteiger partial charge in [0.2, 0.25) is 0 Å². The van der Waals surface area contributed by atoms with E-state index in [2.05, 4.69) is 15.8 Å². The van der Waals surface area contributed by atoms with E-state index in [1.165, 1.54) is 30.5 Å². The summed E-state index contributed by atoms with van der Waals surface area (Å²) in [6.07, 6.45) is 1.31. The van der Waals surface area contributed by atoms with Crippen LogP contribution in [0.15, 0.2) is 65.8 Å². The fraction of sp³-hybridized carbons (Fsp3) is 0.154. The normalized spacial score (nSPS) is 10.6. The van der Waals surface area contributed by atoms with Gasteiger partial charge in [0.05, 0.1) is 30.0 Å². The maximum Gasteiger partial charge on any atom is 0.345 e. The summed E-state index contributed by atoms with van der Waals surface area (Å²) in [6.45, 7) is 4.45. The molecule has 0 heterocycles. The number of nitrogens with zero attached hydrogens (tertiary/aromatic N) is 1. The SMILES string of the molecule is CCOc1ccc(NC(=O)C(=O)N/N=C\c2ccc(OC(=O)c3ccc(Cl)cc3Cl)c(OCC)c2)cc1. The smallest absolute Gasteiger partial charge is 0.345 e. The molecule has 9 nitrogen and oxygen atoms in total. The maximum absolute atomic E-state index is 12.6. The molecule has 37 heavy (non-hydrogen) atoms. The topological polar surface area (TPSA) is 115 Å². The quantitative estimate of drug-likeness (QED) is 0.127. The Morgan fingerprint density at radius 2 is 1.59 bits per heavy atom. The molecule has 0 aromatic heterocycles. The lowest BCUT2D eigenvalue weighted by Crippen LogP contribution is -2.32. The van der Waals surface area contributed by atoms with Gasteiger partial charge in [-0.25, -0.2) is 10.2 Å². The van der Waals surface area contributed by atoms with Crippen LogP contribution >= 0.6 is 23.2 Å². The van der Waals surface area contributed by atoms with Gasteiger partial charge in [0, 0.05) is 10.7 Å². The lowest BCUT2D eigenvalue weighted by Gasteiger charge is -2.12. The standard InChI is InChI=1S/C26H23Cl2N3O6/c1-3-35-19-9-7-18(8-10-19)30-24(32)25(33)31-29-15-16-5-12-22(23(13-16)36-4-2)37-26(34)20-11-6-17(27)14-21(20)28/h5-15H,3-4H2,1-2H3,(H,30,32)(H,31,33)/b29-15-. The van der Waals surface area contributed by atoms with Crippen LogP contribution in [0.25, 0.3) is 0 Å². The Bertz CT molecular complexity index is 1310. The molecule has 192 valence electrons. The molecule has 0 saturated heterocycles. The molecule has 0 radical (unpaired) electrons. The Balaban J connectivity index is 1.62. The zero-order valence-corrected chi connectivity index (χ0v) is 21.4. The minimum atomic E-state index is -0.958. The average molecular weight is 544 g/mol. The van der Waals surface area contributed by atoms with Crippen molar-refractivity contribution in [2.45, 2.75) is 13.8 Å². The van der Waals surface area contributed by atoms with Crippen LogP contribution in [0.5, 0.6) is 17.2 Å². The van der Waals surface area contributed by atoms with Gasteiger partial charge in [-0.05, 0) is 80.1 Å². The number of anilines is 1. The van der Waals surface area contributed by atoms with Crippen molar-refractivity contribution in [2.75, 3.05) is 18.5 Å². The van der Waals surface area contributed by atoms with Crippen LogP contribution in [0.2, 0.25) is 10.0 Å². The van der Waals surface area contributed by atoms with E-state index in [4.69, 9.17) is 37.4 Å². The van der Waals surface area contributed by atoms with E-state index in [1.807, 2.05) is 6.92 Å². The first-order chi connectivity index (χ1) is 17.8. The molecule has 0 aliphatic rings. The molecule has 0 spiro atoms. The summed E-state index contributed by atoms with van der Waals surface area (Å²) in [6, 6.07) is 15.7. The van der Waals surface area contributed by atoms with Crippen molar-refractivity contribution in [3.63, 3.8) is 0 Å². The minimum Gasteiger partial charge on any atom is -0.494 e. The summed E-state index contributed by atoms with van der Waals surface area (Å²) in [5, 5.41) is 6.81. The lowest BCUT2D eigenvalue weighted by atomic mass is 10.2. The summed E-state index contributed by atoms with van der Waals surface area (Å²) in [7, 11) is 0. The Labute approximate surface area is 223 Å². The number of hydrazone groups is 1. The van der Waals surface area contributed by atoms with Gasteiger partial charge < -0.3 is 19.5 Å². The fourth-order valence-corrected chi connectivity index (χ4v) is 3.46. The summed E-state index contributed by atoms with van der Waals surface area (Å²) in [5.41, 5.74) is 3.24. The second-order valence-corrected chi connectivity index (χ2v) is 8.11. The molecule has 2 amide bonds. The zero-order valence-electron chi connectivity index (χ0n) is 19.9. The van der Waals surface area contributed by atoms with E-state index in [0.29, 0.717) is 35.2 Å². The molecular formula is C26H23Cl2N3O6. The highest BCUT2D eigenvalue weighted by Crippen LogP contribution is 2.30. The van der Waals surface area contributed by atoms with E-state index in [1.54, 1.807) is 43.3 Å². The minimum absolute atomic E-state index is 0.144. The van der Waals surface area contributed by atoms with E-state index in [-0.39, 0.29) is 22.1 Å². The Morgan fingerprint density at radius 1 is 0.865 bits per heavy atom. The van der Waals surface area contributed by atoms with Crippen LogP contribution in [0.1, 0.15) is 29.8 Å². The van der Waals surface area contributed by atoms with Crippen LogP contribution in [0, 0.1) is 0 Å². The number of carbonyl (C=O) groups is 3. The number of hydrogen-bond donors (Lipinski definition) is 2. The van der Waals surface area contributed by atoms with Crippen molar-refractivity contribution in [3.8, 4) is 17.2 Å². The van der Waals surface area contributed by atoms with Gasteiger partial charge >= 0.3 is 17.8 Å². The lowest BCUT2D eigenvalue weighted by molar-refractivity contribution is -0.136. The highest BCUT2D eigenvalue weighted by Gasteiger charge is 2.17. The van der Waals surface area contributed by atoms with Crippen molar-refractivity contribution in [1.82, 2.24) is 5.43 Å². The molecule has 0 saturated carbocycles. The van der Waals surface area contributed by atoms with Gasteiger partial charge in [0.15, 0.2) is 11.5 Å². The van der Waals surface area contributed by atoms with Crippen LogP contribution in [0.3, 0.4) is 0 Å². The summed E-state index contributed by atoms with van der Waals surface area (Å²) >= 11 is 12.0. The van der Waals surface area contributed by atoms with Gasteiger partial charge in [-0.3, -0.25) is 9.59 Å². The molecular weight excluding hydrogens is 521 g/mol. The van der Waals surface area contributed by atoms with Gasteiger partial charge in [-0.15, -0.1) is 0 Å². The van der Waals surface area contributed by atoms with E-state index < -0.39 is 17.8 Å². The zero-order chi connectivity index (χ0) is 26.8. The molecule has 0 atom stereocenters. The van der Waals surface area contributed by atoms with Gasteiger partial charge in [-0.1, -0.05) is 23.2 Å². The largest absolute Gasteiger partial charge is 0.494 e.